The van der Waals surface area contributed by atoms with Crippen LogP contribution in [0.4, 0.5) is 0 Å². The zero-order chi connectivity index (χ0) is 17.4. The fourth-order valence-electron chi connectivity index (χ4n) is 2.35. The van der Waals surface area contributed by atoms with Crippen LogP contribution in [0.15, 0.2) is 22.6 Å². The molecule has 24 heavy (non-hydrogen) atoms. The second kappa shape index (κ2) is 5.98. The van der Waals surface area contributed by atoms with Crippen molar-refractivity contribution in [3.05, 3.63) is 34.3 Å². The van der Waals surface area contributed by atoms with Crippen LogP contribution in [0.2, 0.25) is 0 Å². The van der Waals surface area contributed by atoms with E-state index in [1.54, 1.807) is 25.1 Å². The number of hydrogen-bond acceptors (Lipinski definition) is 6. The second-order valence-electron chi connectivity index (χ2n) is 5.52. The minimum Gasteiger partial charge on any atom is -0.491 e. The average molecular weight is 342 g/mol. The molecule has 0 unspecified atom stereocenters. The molecule has 0 atom stereocenters. The number of benzene rings is 1. The molecule has 1 aromatic carbocycles. The summed E-state index contributed by atoms with van der Waals surface area (Å²) in [6.45, 7) is 5.45. The number of fused-ring (bicyclic) bond motifs is 1. The van der Waals surface area contributed by atoms with Gasteiger partial charge in [0.05, 0.1) is 17.4 Å². The predicted molar refractivity (Wildman–Crippen MR) is 89.5 cm³/mol. The summed E-state index contributed by atoms with van der Waals surface area (Å²) in [4.78, 5) is 15.6. The number of carboxylic acids is 1. The monoisotopic (exact) mass is 342 g/mol. The van der Waals surface area contributed by atoms with Crippen LogP contribution in [0, 0.1) is 18.3 Å². The highest BCUT2D eigenvalue weighted by Crippen LogP contribution is 2.35. The van der Waals surface area contributed by atoms with Crippen LogP contribution in [0.25, 0.3) is 21.7 Å². The predicted octanol–water partition coefficient (Wildman–Crippen LogP) is 4.22. The number of thiazole rings is 1. The van der Waals surface area contributed by atoms with Crippen molar-refractivity contribution >= 4 is 28.3 Å². The van der Waals surface area contributed by atoms with E-state index in [2.05, 4.69) is 11.1 Å². The van der Waals surface area contributed by atoms with E-state index < -0.39 is 5.97 Å². The van der Waals surface area contributed by atoms with Crippen molar-refractivity contribution in [2.75, 3.05) is 0 Å². The first-order chi connectivity index (χ1) is 11.4. The fourth-order valence-corrected chi connectivity index (χ4v) is 3.21. The van der Waals surface area contributed by atoms with Crippen molar-refractivity contribution in [2.45, 2.75) is 26.9 Å². The Balaban J connectivity index is 2.13. The van der Waals surface area contributed by atoms with Gasteiger partial charge in [-0.05, 0) is 32.9 Å². The van der Waals surface area contributed by atoms with E-state index in [0.717, 1.165) is 11.3 Å². The number of nitriles is 1. The second-order valence-corrected chi connectivity index (χ2v) is 6.52. The molecule has 0 aliphatic rings. The van der Waals surface area contributed by atoms with Crippen molar-refractivity contribution in [3.63, 3.8) is 0 Å². The largest absolute Gasteiger partial charge is 0.491 e. The summed E-state index contributed by atoms with van der Waals surface area (Å²) < 4.78 is 11.4. The zero-order valence-corrected chi connectivity index (χ0v) is 14.1. The number of carboxylic acid groups (broad SMARTS) is 1. The summed E-state index contributed by atoms with van der Waals surface area (Å²) >= 11 is 1.05. The van der Waals surface area contributed by atoms with E-state index in [-0.39, 0.29) is 11.0 Å². The van der Waals surface area contributed by atoms with Gasteiger partial charge in [0.15, 0.2) is 16.4 Å². The minimum absolute atomic E-state index is 0.0138. The molecule has 3 aromatic rings. The lowest BCUT2D eigenvalue weighted by Crippen LogP contribution is -2.05. The van der Waals surface area contributed by atoms with Crippen LogP contribution in [0.1, 0.15) is 34.8 Å². The van der Waals surface area contributed by atoms with Crippen molar-refractivity contribution in [1.29, 1.82) is 5.26 Å². The zero-order valence-electron chi connectivity index (χ0n) is 13.3. The smallest absolute Gasteiger partial charge is 0.347 e. The first-order valence-electron chi connectivity index (χ1n) is 7.24. The maximum atomic E-state index is 11.2. The Hall–Kier alpha value is -2.85. The van der Waals surface area contributed by atoms with Gasteiger partial charge < -0.3 is 14.3 Å². The van der Waals surface area contributed by atoms with E-state index >= 15 is 0 Å². The first kappa shape index (κ1) is 16.0. The Bertz CT molecular complexity index is 979. The van der Waals surface area contributed by atoms with Gasteiger partial charge in [-0.1, -0.05) is 0 Å². The normalized spacial score (nSPS) is 11.0. The van der Waals surface area contributed by atoms with Gasteiger partial charge in [0.2, 0.25) is 0 Å². The quantitative estimate of drug-likeness (QED) is 0.762. The lowest BCUT2D eigenvalue weighted by molar-refractivity contribution is 0.0701. The molecule has 0 saturated carbocycles. The van der Waals surface area contributed by atoms with E-state index in [0.29, 0.717) is 38.7 Å². The van der Waals surface area contributed by atoms with Gasteiger partial charge >= 0.3 is 5.97 Å². The van der Waals surface area contributed by atoms with E-state index in [4.69, 9.17) is 14.3 Å². The van der Waals surface area contributed by atoms with Gasteiger partial charge in [-0.25, -0.2) is 9.78 Å². The van der Waals surface area contributed by atoms with Crippen LogP contribution in [0.5, 0.6) is 5.75 Å². The van der Waals surface area contributed by atoms with Crippen molar-refractivity contribution in [2.24, 2.45) is 0 Å². The molecule has 3 rings (SSSR count). The molecule has 7 heteroatoms. The van der Waals surface area contributed by atoms with Gasteiger partial charge in [-0.15, -0.1) is 11.3 Å². The molecule has 0 saturated heterocycles. The van der Waals surface area contributed by atoms with Gasteiger partial charge in [0, 0.05) is 11.5 Å². The molecule has 2 aromatic heterocycles. The van der Waals surface area contributed by atoms with Crippen molar-refractivity contribution < 1.29 is 19.1 Å². The Labute approximate surface area is 141 Å². The highest BCUT2D eigenvalue weighted by Gasteiger charge is 2.19. The molecule has 0 fully saturated rings. The van der Waals surface area contributed by atoms with Crippen LogP contribution in [-0.4, -0.2) is 22.2 Å². The van der Waals surface area contributed by atoms with E-state index in [1.165, 1.54) is 0 Å². The Kier molecular flexibility index (Phi) is 3.99. The van der Waals surface area contributed by atoms with Crippen LogP contribution in [0.3, 0.4) is 0 Å². The third-order valence-corrected chi connectivity index (χ3v) is 4.44. The number of aromatic nitrogens is 1. The van der Waals surface area contributed by atoms with E-state index in [1.807, 2.05) is 13.8 Å². The highest BCUT2D eigenvalue weighted by atomic mass is 32.1. The van der Waals surface area contributed by atoms with Crippen LogP contribution < -0.4 is 4.74 Å². The van der Waals surface area contributed by atoms with Crippen molar-refractivity contribution in [1.82, 2.24) is 4.98 Å². The number of aromatic carboxylic acids is 1. The van der Waals surface area contributed by atoms with Crippen LogP contribution >= 0.6 is 11.3 Å². The number of ether oxygens (including phenoxy) is 1. The molecule has 0 bridgehead atoms. The maximum Gasteiger partial charge on any atom is 0.347 e. The Morgan fingerprint density at radius 1 is 1.42 bits per heavy atom. The fraction of sp³-hybridized carbons (Fsp3) is 0.235. The van der Waals surface area contributed by atoms with Crippen molar-refractivity contribution in [3.8, 4) is 22.6 Å². The summed E-state index contributed by atoms with van der Waals surface area (Å²) in [6.07, 6.45) is -0.0138. The maximum absolute atomic E-state index is 11.2. The number of rotatable bonds is 4. The molecule has 0 spiro atoms. The number of hydrogen-bond donors (Lipinski definition) is 1. The molecule has 0 aliphatic heterocycles. The highest BCUT2D eigenvalue weighted by molar-refractivity contribution is 7.16. The number of nitrogens with zero attached hydrogens (tertiary/aromatic N) is 2. The van der Waals surface area contributed by atoms with Gasteiger partial charge in [-0.3, -0.25) is 0 Å². The Morgan fingerprint density at radius 3 is 2.75 bits per heavy atom. The lowest BCUT2D eigenvalue weighted by atomic mass is 10.1. The molecule has 122 valence electrons. The molecule has 6 nitrogen and oxygen atoms in total. The summed E-state index contributed by atoms with van der Waals surface area (Å²) in [7, 11) is 0. The molecule has 1 N–H and O–H groups in total. The molecular weight excluding hydrogens is 328 g/mol. The molecule has 0 amide bonds. The molecule has 0 radical (unpaired) electrons. The number of furan rings is 1. The third-order valence-electron chi connectivity index (χ3n) is 3.28. The third kappa shape index (κ3) is 2.84. The molecule has 0 aliphatic carbocycles. The summed E-state index contributed by atoms with van der Waals surface area (Å²) in [5.41, 5.74) is 1.24. The molecular formula is C17H14N2O4S. The summed E-state index contributed by atoms with van der Waals surface area (Å²) in [5.74, 6) is 0.00411. The first-order valence-corrected chi connectivity index (χ1v) is 8.06. The van der Waals surface area contributed by atoms with E-state index in [9.17, 15) is 10.1 Å². The Morgan fingerprint density at radius 2 is 2.17 bits per heavy atom. The topological polar surface area (TPSA) is 96.4 Å². The lowest BCUT2D eigenvalue weighted by Gasteiger charge is -2.09. The van der Waals surface area contributed by atoms with Gasteiger partial charge in [0.1, 0.15) is 16.7 Å². The summed E-state index contributed by atoms with van der Waals surface area (Å²) in [5, 5.41) is 19.7. The number of aryl methyl sites for hydroxylation is 1. The number of carbonyl (C=O) groups is 1. The summed E-state index contributed by atoms with van der Waals surface area (Å²) in [6, 6.07) is 7.27. The van der Waals surface area contributed by atoms with Gasteiger partial charge in [0.25, 0.3) is 0 Å². The van der Waals surface area contributed by atoms with Crippen LogP contribution in [-0.2, 0) is 0 Å². The standard InChI is InChI=1S/C17H14N2O4S/c1-8(2)22-12-4-10-6-13(23-14(10)11(5-12)7-18)16-19-9(3)15(24-16)17(20)21/h4-6,8H,1-3H3,(H,20,21). The average Bonchev–Trinajstić information content (AvgIpc) is 3.08. The SMILES string of the molecule is Cc1nc(-c2cc3cc(OC(C)C)cc(C#N)c3o2)sc1C(=O)O. The van der Waals surface area contributed by atoms with Gasteiger partial charge in [-0.2, -0.15) is 5.26 Å². The molecule has 2 heterocycles. The minimum atomic E-state index is -1.02.